The van der Waals surface area contributed by atoms with Crippen LogP contribution in [0, 0.1) is 24.0 Å². The molecule has 0 spiro atoms. The molecule has 9 nitrogen and oxygen atoms in total. The van der Waals surface area contributed by atoms with E-state index in [1.165, 1.54) is 0 Å². The van der Waals surface area contributed by atoms with Gasteiger partial charge in [-0.1, -0.05) is 18.2 Å². The van der Waals surface area contributed by atoms with Crippen LogP contribution in [-0.4, -0.2) is 34.7 Å². The smallest absolute Gasteiger partial charge is 0.407 e. The summed E-state index contributed by atoms with van der Waals surface area (Å²) in [5.74, 6) is 0.396. The zero-order chi connectivity index (χ0) is 22.3. The zero-order valence-corrected chi connectivity index (χ0v) is 17.9. The minimum atomic E-state index is -0.566. The van der Waals surface area contributed by atoms with Gasteiger partial charge in [-0.2, -0.15) is 0 Å². The molecule has 1 aromatic heterocycles. The molecule has 2 N–H and O–H groups in total. The minimum absolute atomic E-state index is 0.0660. The summed E-state index contributed by atoms with van der Waals surface area (Å²) in [6, 6.07) is 8.79. The molecule has 0 bridgehead atoms. The predicted molar refractivity (Wildman–Crippen MR) is 114 cm³/mol. The third-order valence-electron chi connectivity index (χ3n) is 4.09. The van der Waals surface area contributed by atoms with Crippen LogP contribution in [0.1, 0.15) is 38.4 Å². The van der Waals surface area contributed by atoms with Gasteiger partial charge in [-0.15, -0.1) is 0 Å². The summed E-state index contributed by atoms with van der Waals surface area (Å²) in [4.78, 5) is 27.2. The van der Waals surface area contributed by atoms with Crippen molar-refractivity contribution < 1.29 is 19.2 Å². The lowest BCUT2D eigenvalue weighted by Gasteiger charge is -2.19. The Bertz CT molecular complexity index is 895. The van der Waals surface area contributed by atoms with E-state index in [1.54, 1.807) is 58.9 Å². The highest BCUT2D eigenvalue weighted by atomic mass is 16.6. The third kappa shape index (κ3) is 6.61. The molecule has 1 aromatic carbocycles. The molecule has 0 aliphatic rings. The number of nitrogens with one attached hydrogen (secondary N) is 2. The summed E-state index contributed by atoms with van der Waals surface area (Å²) in [5, 5.41) is 17.5. The highest BCUT2D eigenvalue weighted by Gasteiger charge is 2.27. The number of hydrogen-bond donors (Lipinski definition) is 2. The number of anilines is 1. The van der Waals surface area contributed by atoms with Crippen LogP contribution in [0.25, 0.3) is 0 Å². The Hall–Kier alpha value is -3.36. The first-order valence-electron chi connectivity index (χ1n) is 9.67. The number of benzene rings is 1. The van der Waals surface area contributed by atoms with Crippen molar-refractivity contribution in [3.63, 3.8) is 0 Å². The SMILES string of the molecule is Cc1nc(Oc2ccccc2)c([N+](=O)[O-])c(NCCCNC(=O)OC(C)(C)C)c1C. The second-order valence-corrected chi connectivity index (χ2v) is 7.73. The van der Waals surface area contributed by atoms with Crippen LogP contribution >= 0.6 is 0 Å². The maximum atomic E-state index is 11.8. The summed E-state index contributed by atoms with van der Waals surface area (Å²) in [6.45, 7) is 9.68. The first-order chi connectivity index (χ1) is 14.1. The Labute approximate surface area is 175 Å². The number of amides is 1. The number of nitro groups is 1. The van der Waals surface area contributed by atoms with Gasteiger partial charge in [-0.25, -0.2) is 9.78 Å². The van der Waals surface area contributed by atoms with E-state index in [0.717, 1.165) is 0 Å². The van der Waals surface area contributed by atoms with Crippen molar-refractivity contribution in [1.82, 2.24) is 10.3 Å². The maximum Gasteiger partial charge on any atom is 0.407 e. The van der Waals surface area contributed by atoms with Gasteiger partial charge in [0.15, 0.2) is 0 Å². The Morgan fingerprint density at radius 1 is 1.17 bits per heavy atom. The number of nitrogens with zero attached hydrogens (tertiary/aromatic N) is 2. The van der Waals surface area contributed by atoms with Crippen molar-refractivity contribution in [3.8, 4) is 11.6 Å². The molecule has 2 aromatic rings. The fourth-order valence-corrected chi connectivity index (χ4v) is 2.62. The molecule has 2 rings (SSSR count). The van der Waals surface area contributed by atoms with Crippen LogP contribution in [0.5, 0.6) is 11.6 Å². The summed E-state index contributed by atoms with van der Waals surface area (Å²) < 4.78 is 10.9. The van der Waals surface area contributed by atoms with E-state index in [2.05, 4.69) is 15.6 Å². The summed E-state index contributed by atoms with van der Waals surface area (Å²) >= 11 is 0. The van der Waals surface area contributed by atoms with Crippen LogP contribution in [0.2, 0.25) is 0 Å². The number of pyridine rings is 1. The average molecular weight is 416 g/mol. The molecule has 0 saturated carbocycles. The number of carbonyl (C=O) groups excluding carboxylic acids is 1. The minimum Gasteiger partial charge on any atom is -0.444 e. The van der Waals surface area contributed by atoms with Gasteiger partial charge in [-0.3, -0.25) is 10.1 Å². The highest BCUT2D eigenvalue weighted by Crippen LogP contribution is 2.39. The van der Waals surface area contributed by atoms with E-state index < -0.39 is 16.6 Å². The summed E-state index contributed by atoms with van der Waals surface area (Å²) in [7, 11) is 0. The highest BCUT2D eigenvalue weighted by molar-refractivity contribution is 5.71. The average Bonchev–Trinajstić information content (AvgIpc) is 2.64. The topological polar surface area (TPSA) is 116 Å². The van der Waals surface area contributed by atoms with Gasteiger partial charge in [0.1, 0.15) is 17.0 Å². The van der Waals surface area contributed by atoms with E-state index >= 15 is 0 Å². The molecule has 0 atom stereocenters. The Morgan fingerprint density at radius 2 is 1.83 bits per heavy atom. The Kier molecular flexibility index (Phi) is 7.57. The molecule has 1 amide bonds. The molecule has 0 aliphatic carbocycles. The Morgan fingerprint density at radius 3 is 2.43 bits per heavy atom. The molecular weight excluding hydrogens is 388 g/mol. The van der Waals surface area contributed by atoms with Crippen LogP contribution in [0.4, 0.5) is 16.2 Å². The van der Waals surface area contributed by atoms with E-state index in [-0.39, 0.29) is 11.6 Å². The number of hydrogen-bond acceptors (Lipinski definition) is 7. The number of aromatic nitrogens is 1. The second kappa shape index (κ2) is 9.91. The van der Waals surface area contributed by atoms with Gasteiger partial charge in [0, 0.05) is 24.3 Å². The van der Waals surface area contributed by atoms with E-state index in [9.17, 15) is 14.9 Å². The normalized spacial score (nSPS) is 11.0. The quantitative estimate of drug-likeness (QED) is 0.363. The summed E-state index contributed by atoms with van der Waals surface area (Å²) in [5.41, 5.74) is 0.866. The predicted octanol–water partition coefficient (Wildman–Crippen LogP) is 4.73. The lowest BCUT2D eigenvalue weighted by molar-refractivity contribution is -0.385. The number of carbonyl (C=O) groups is 1. The molecule has 9 heteroatoms. The molecular formula is C21H28N4O5. The third-order valence-corrected chi connectivity index (χ3v) is 4.09. The van der Waals surface area contributed by atoms with Crippen LogP contribution < -0.4 is 15.4 Å². The molecule has 30 heavy (non-hydrogen) atoms. The zero-order valence-electron chi connectivity index (χ0n) is 17.9. The van der Waals surface area contributed by atoms with Crippen molar-refractivity contribution in [1.29, 1.82) is 0 Å². The lowest BCUT2D eigenvalue weighted by atomic mass is 10.1. The monoisotopic (exact) mass is 416 g/mol. The molecule has 162 valence electrons. The number of aryl methyl sites for hydroxylation is 1. The fraction of sp³-hybridized carbons (Fsp3) is 0.429. The largest absolute Gasteiger partial charge is 0.444 e. The first-order valence-corrected chi connectivity index (χ1v) is 9.67. The standard InChI is InChI=1S/C21H28N4O5/c1-14-15(2)24-19(29-16-10-7-6-8-11-16)18(25(27)28)17(14)22-12-9-13-23-20(26)30-21(3,4)5/h6-8,10-11H,9,12-13H2,1-5H3,(H,22,24)(H,23,26). The lowest BCUT2D eigenvalue weighted by Crippen LogP contribution is -2.33. The van der Waals surface area contributed by atoms with Crippen LogP contribution in [0.3, 0.4) is 0 Å². The van der Waals surface area contributed by atoms with Gasteiger partial charge in [0.05, 0.1) is 4.92 Å². The van der Waals surface area contributed by atoms with E-state index in [1.807, 2.05) is 6.07 Å². The van der Waals surface area contributed by atoms with Crippen molar-refractivity contribution in [2.45, 2.75) is 46.6 Å². The van der Waals surface area contributed by atoms with Crippen molar-refractivity contribution in [2.75, 3.05) is 18.4 Å². The van der Waals surface area contributed by atoms with Crippen molar-refractivity contribution >= 4 is 17.5 Å². The fourth-order valence-electron chi connectivity index (χ4n) is 2.62. The maximum absolute atomic E-state index is 11.8. The molecule has 0 aliphatic heterocycles. The summed E-state index contributed by atoms with van der Waals surface area (Å²) in [6.07, 6.45) is 0.0504. The number of para-hydroxylation sites is 1. The molecule has 1 heterocycles. The van der Waals surface area contributed by atoms with Crippen LogP contribution in [-0.2, 0) is 4.74 Å². The van der Waals surface area contributed by atoms with Crippen molar-refractivity contribution in [3.05, 3.63) is 51.7 Å². The molecule has 0 fully saturated rings. The number of alkyl carbamates (subject to hydrolysis) is 1. The molecule has 0 radical (unpaired) electrons. The number of rotatable bonds is 8. The van der Waals surface area contributed by atoms with Gasteiger partial charge in [-0.05, 0) is 53.2 Å². The molecule has 0 unspecified atom stereocenters. The van der Waals surface area contributed by atoms with Crippen LogP contribution in [0.15, 0.2) is 30.3 Å². The Balaban J connectivity index is 2.09. The van der Waals surface area contributed by atoms with Gasteiger partial charge < -0.3 is 20.1 Å². The first kappa shape index (κ1) is 22.9. The van der Waals surface area contributed by atoms with Gasteiger partial charge >= 0.3 is 17.7 Å². The van der Waals surface area contributed by atoms with Crippen molar-refractivity contribution in [2.24, 2.45) is 0 Å². The van der Waals surface area contributed by atoms with E-state index in [0.29, 0.717) is 42.2 Å². The molecule has 0 saturated heterocycles. The van der Waals surface area contributed by atoms with Gasteiger partial charge in [0.2, 0.25) is 0 Å². The number of ether oxygens (including phenoxy) is 2. The second-order valence-electron chi connectivity index (χ2n) is 7.73. The van der Waals surface area contributed by atoms with Gasteiger partial charge in [0.25, 0.3) is 0 Å². The van der Waals surface area contributed by atoms with E-state index in [4.69, 9.17) is 9.47 Å².